The van der Waals surface area contributed by atoms with Crippen molar-refractivity contribution in [2.45, 2.75) is 13.3 Å². The van der Waals surface area contributed by atoms with Crippen molar-refractivity contribution in [2.75, 3.05) is 0 Å². The van der Waals surface area contributed by atoms with Crippen LogP contribution in [-0.2, 0) is 6.42 Å². The highest BCUT2D eigenvalue weighted by Crippen LogP contribution is 2.20. The number of nitrogens with two attached hydrogens (primary N) is 1. The second kappa shape index (κ2) is 4.14. The van der Waals surface area contributed by atoms with Gasteiger partial charge in [0.25, 0.3) is 0 Å². The molecular weight excluding hydrogens is 204 g/mol. The lowest BCUT2D eigenvalue weighted by Crippen LogP contribution is -2.13. The first-order chi connectivity index (χ1) is 7.72. The van der Waals surface area contributed by atoms with Gasteiger partial charge in [-0.25, -0.2) is 0 Å². The van der Waals surface area contributed by atoms with E-state index in [1.54, 1.807) is 12.3 Å². The van der Waals surface area contributed by atoms with E-state index < -0.39 is 5.91 Å². The summed E-state index contributed by atoms with van der Waals surface area (Å²) in [5.41, 5.74) is 8.56. The van der Waals surface area contributed by atoms with Crippen LogP contribution in [0.15, 0.2) is 24.4 Å². The van der Waals surface area contributed by atoms with Crippen LogP contribution in [0.5, 0.6) is 0 Å². The van der Waals surface area contributed by atoms with E-state index >= 15 is 0 Å². The number of H-pyrrole nitrogens is 1. The highest BCUT2D eigenvalue weighted by molar-refractivity contribution is 5.94. The largest absolute Gasteiger partial charge is 0.366 e. The number of benzene rings is 1. The van der Waals surface area contributed by atoms with E-state index in [-0.39, 0.29) is 0 Å². The van der Waals surface area contributed by atoms with Crippen LogP contribution in [0.3, 0.4) is 0 Å². The van der Waals surface area contributed by atoms with Crippen LogP contribution in [-0.4, -0.2) is 21.3 Å². The molecule has 0 radical (unpaired) electrons. The fourth-order valence-corrected chi connectivity index (χ4v) is 1.63. The van der Waals surface area contributed by atoms with Gasteiger partial charge in [-0.1, -0.05) is 18.2 Å². The molecule has 16 heavy (non-hydrogen) atoms. The molecule has 0 aliphatic rings. The summed E-state index contributed by atoms with van der Waals surface area (Å²) in [4.78, 5) is 11.2. The number of nitrogens with zero attached hydrogens (tertiary/aromatic N) is 2. The number of amides is 1. The number of hydrogen-bond acceptors (Lipinski definition) is 3. The lowest BCUT2D eigenvalue weighted by molar-refractivity contribution is 0.0999. The molecule has 82 valence electrons. The van der Waals surface area contributed by atoms with Gasteiger partial charge in [-0.05, 0) is 24.1 Å². The van der Waals surface area contributed by atoms with Crippen LogP contribution in [0.4, 0.5) is 0 Å². The normalized spacial score (nSPS) is 10.3. The maximum absolute atomic E-state index is 11.2. The van der Waals surface area contributed by atoms with Crippen molar-refractivity contribution in [1.82, 2.24) is 15.4 Å². The minimum absolute atomic E-state index is 0.397. The van der Waals surface area contributed by atoms with E-state index in [9.17, 15) is 4.79 Å². The summed E-state index contributed by atoms with van der Waals surface area (Å²) in [6, 6.07) is 5.49. The Balaban J connectivity index is 2.49. The summed E-state index contributed by atoms with van der Waals surface area (Å²) in [6.07, 6.45) is 2.40. The van der Waals surface area contributed by atoms with Gasteiger partial charge in [0.1, 0.15) is 0 Å². The summed E-state index contributed by atoms with van der Waals surface area (Å²) in [7, 11) is 0. The summed E-state index contributed by atoms with van der Waals surface area (Å²) in [5.74, 6) is -0.397. The second-order valence-electron chi connectivity index (χ2n) is 3.46. The van der Waals surface area contributed by atoms with Crippen molar-refractivity contribution in [1.29, 1.82) is 0 Å². The number of carbonyl (C=O) groups is 1. The molecule has 0 bridgehead atoms. The van der Waals surface area contributed by atoms with Crippen molar-refractivity contribution in [3.8, 4) is 11.3 Å². The van der Waals surface area contributed by atoms with E-state index in [4.69, 9.17) is 5.73 Å². The molecule has 0 aliphatic heterocycles. The fraction of sp³-hybridized carbons (Fsp3) is 0.182. The van der Waals surface area contributed by atoms with Gasteiger partial charge in [0.2, 0.25) is 5.91 Å². The first-order valence-electron chi connectivity index (χ1n) is 5.01. The predicted molar refractivity (Wildman–Crippen MR) is 59.7 cm³/mol. The minimum atomic E-state index is -0.397. The maximum Gasteiger partial charge on any atom is 0.248 e. The van der Waals surface area contributed by atoms with Crippen molar-refractivity contribution in [3.05, 3.63) is 35.5 Å². The van der Waals surface area contributed by atoms with Crippen LogP contribution in [0.2, 0.25) is 0 Å². The Morgan fingerprint density at radius 3 is 2.88 bits per heavy atom. The van der Waals surface area contributed by atoms with E-state index in [1.807, 2.05) is 19.1 Å². The second-order valence-corrected chi connectivity index (χ2v) is 3.46. The van der Waals surface area contributed by atoms with Crippen LogP contribution in [0.1, 0.15) is 22.8 Å². The summed E-state index contributed by atoms with van der Waals surface area (Å²) < 4.78 is 0. The first-order valence-corrected chi connectivity index (χ1v) is 5.01. The van der Waals surface area contributed by atoms with E-state index in [0.29, 0.717) is 5.56 Å². The fourth-order valence-electron chi connectivity index (χ4n) is 1.63. The van der Waals surface area contributed by atoms with Crippen molar-refractivity contribution >= 4 is 5.91 Å². The van der Waals surface area contributed by atoms with Crippen molar-refractivity contribution in [2.24, 2.45) is 5.73 Å². The summed E-state index contributed by atoms with van der Waals surface area (Å²) in [6.45, 7) is 1.98. The third-order valence-electron chi connectivity index (χ3n) is 2.48. The number of primary amides is 1. The minimum Gasteiger partial charge on any atom is -0.366 e. The molecule has 3 N–H and O–H groups in total. The third-order valence-corrected chi connectivity index (χ3v) is 2.48. The number of aromatic nitrogens is 3. The molecule has 0 spiro atoms. The first kappa shape index (κ1) is 10.4. The lowest BCUT2D eigenvalue weighted by Gasteiger charge is -2.06. The molecule has 5 nitrogen and oxygen atoms in total. The average Bonchev–Trinajstić information content (AvgIpc) is 2.81. The molecule has 0 unspecified atom stereocenters. The summed E-state index contributed by atoms with van der Waals surface area (Å²) >= 11 is 0. The zero-order valence-corrected chi connectivity index (χ0v) is 8.90. The van der Waals surface area contributed by atoms with Gasteiger partial charge >= 0.3 is 0 Å². The Bertz CT molecular complexity index is 505. The average molecular weight is 216 g/mol. The number of hydrogen-bond donors (Lipinski definition) is 2. The van der Waals surface area contributed by atoms with Gasteiger partial charge in [-0.15, -0.1) is 5.10 Å². The Labute approximate surface area is 92.7 Å². The Morgan fingerprint density at radius 2 is 2.31 bits per heavy atom. The Hall–Kier alpha value is -2.17. The Morgan fingerprint density at radius 1 is 1.50 bits per heavy atom. The molecule has 1 aromatic carbocycles. The molecule has 0 atom stereocenters. The van der Waals surface area contributed by atoms with Crippen molar-refractivity contribution in [3.63, 3.8) is 0 Å². The molecule has 0 saturated carbocycles. The van der Waals surface area contributed by atoms with Crippen LogP contribution >= 0.6 is 0 Å². The highest BCUT2D eigenvalue weighted by atomic mass is 16.1. The quantitative estimate of drug-likeness (QED) is 0.806. The monoisotopic (exact) mass is 216 g/mol. The lowest BCUT2D eigenvalue weighted by atomic mass is 10.0. The zero-order valence-electron chi connectivity index (χ0n) is 8.90. The number of rotatable bonds is 3. The van der Waals surface area contributed by atoms with Gasteiger partial charge in [0.05, 0.1) is 11.9 Å². The molecule has 2 aromatic rings. The van der Waals surface area contributed by atoms with E-state index in [1.165, 1.54) is 0 Å². The van der Waals surface area contributed by atoms with E-state index in [2.05, 4.69) is 15.4 Å². The van der Waals surface area contributed by atoms with Gasteiger partial charge in [0, 0.05) is 11.1 Å². The predicted octanol–water partition coefficient (Wildman–Crippen LogP) is 1.13. The van der Waals surface area contributed by atoms with Crippen LogP contribution in [0.25, 0.3) is 11.3 Å². The smallest absolute Gasteiger partial charge is 0.248 e. The number of nitrogens with one attached hydrogen (secondary N) is 1. The molecule has 1 amide bonds. The van der Waals surface area contributed by atoms with Crippen LogP contribution < -0.4 is 5.73 Å². The Kier molecular flexibility index (Phi) is 2.68. The third kappa shape index (κ3) is 1.79. The number of aromatic amines is 1. The number of aryl methyl sites for hydroxylation is 1. The van der Waals surface area contributed by atoms with Crippen molar-refractivity contribution < 1.29 is 4.79 Å². The molecule has 1 heterocycles. The zero-order chi connectivity index (χ0) is 11.5. The van der Waals surface area contributed by atoms with E-state index in [0.717, 1.165) is 23.2 Å². The maximum atomic E-state index is 11.2. The molecule has 5 heteroatoms. The molecule has 0 fully saturated rings. The topological polar surface area (TPSA) is 84.7 Å². The van der Waals surface area contributed by atoms with Gasteiger partial charge in [0.15, 0.2) is 0 Å². The molecular formula is C11H12N4O. The van der Waals surface area contributed by atoms with Gasteiger partial charge in [-0.3, -0.25) is 9.89 Å². The SMILES string of the molecule is CCc1cc(-c2cnn[nH]2)ccc1C(N)=O. The highest BCUT2D eigenvalue weighted by Gasteiger charge is 2.09. The van der Waals surface area contributed by atoms with Gasteiger partial charge in [-0.2, -0.15) is 0 Å². The molecule has 1 aromatic heterocycles. The molecule has 0 saturated heterocycles. The molecule has 0 aliphatic carbocycles. The van der Waals surface area contributed by atoms with Gasteiger partial charge < -0.3 is 5.73 Å². The summed E-state index contributed by atoms with van der Waals surface area (Å²) in [5, 5.41) is 10.1. The number of carbonyl (C=O) groups excluding carboxylic acids is 1. The molecule has 2 rings (SSSR count). The standard InChI is InChI=1S/C11H12N4O/c1-2-7-5-8(10-6-13-15-14-10)3-4-9(7)11(12)16/h3-6H,2H2,1H3,(H2,12,16)(H,13,14,15). The van der Waals surface area contributed by atoms with Crippen LogP contribution in [0, 0.1) is 0 Å².